The number of terminal acetylenes is 1. The molecule has 4 N–H and O–H groups in total. The molecule has 0 rings (SSSR count). The molecule has 0 fully saturated rings. The van der Waals surface area contributed by atoms with Crippen LogP contribution in [-0.2, 0) is 4.79 Å². The number of nitrogens with one attached hydrogen (secondary N) is 2. The third kappa shape index (κ3) is 4.48. The molecule has 0 heterocycles. The predicted molar refractivity (Wildman–Crippen MR) is 53.2 cm³/mol. The molecule has 0 bridgehead atoms. The summed E-state index contributed by atoms with van der Waals surface area (Å²) in [6.45, 7) is 5.10. The average Bonchev–Trinajstić information content (AvgIpc) is 2.02. The lowest BCUT2D eigenvalue weighted by Gasteiger charge is -2.23. The minimum Gasteiger partial charge on any atom is -0.351 e. The summed E-state index contributed by atoms with van der Waals surface area (Å²) in [4.78, 5) is 21.6. The lowest BCUT2D eigenvalue weighted by Crippen LogP contribution is -2.52. The van der Waals surface area contributed by atoms with E-state index in [9.17, 15) is 9.59 Å². The fourth-order valence-electron chi connectivity index (χ4n) is 0.878. The van der Waals surface area contributed by atoms with Gasteiger partial charge in [0, 0.05) is 0 Å². The summed E-state index contributed by atoms with van der Waals surface area (Å²) in [6.07, 6.45) is 5.22. The van der Waals surface area contributed by atoms with Gasteiger partial charge in [-0.25, -0.2) is 4.79 Å². The molecule has 0 radical (unpaired) electrons. The predicted octanol–water partition coefficient (Wildman–Crippen LogP) is -0.429. The fraction of sp³-hybridized carbons (Fsp3) is 0.556. The maximum atomic E-state index is 11.2. The lowest BCUT2D eigenvalue weighted by molar-refractivity contribution is -0.121. The third-order valence-electron chi connectivity index (χ3n) is 1.58. The highest BCUT2D eigenvalue weighted by Crippen LogP contribution is 2.00. The molecular formula is C9H15N3O2. The molecule has 0 aromatic carbocycles. The Hall–Kier alpha value is -1.54. The van der Waals surface area contributed by atoms with E-state index in [1.807, 2.05) is 5.32 Å². The topological polar surface area (TPSA) is 84.2 Å². The molecule has 1 atom stereocenters. The van der Waals surface area contributed by atoms with Gasteiger partial charge in [-0.15, -0.1) is 6.42 Å². The number of imide groups is 1. The van der Waals surface area contributed by atoms with Crippen LogP contribution in [0.15, 0.2) is 0 Å². The smallest absolute Gasteiger partial charge is 0.318 e. The van der Waals surface area contributed by atoms with E-state index in [0.717, 1.165) is 0 Å². The van der Waals surface area contributed by atoms with Crippen molar-refractivity contribution in [1.29, 1.82) is 0 Å². The first-order valence-corrected chi connectivity index (χ1v) is 4.14. The Balaban J connectivity index is 4.23. The molecule has 78 valence electrons. The Labute approximate surface area is 83.4 Å². The van der Waals surface area contributed by atoms with E-state index >= 15 is 0 Å². The second-order valence-electron chi connectivity index (χ2n) is 3.49. The third-order valence-corrected chi connectivity index (χ3v) is 1.58. The van der Waals surface area contributed by atoms with E-state index < -0.39 is 23.5 Å². The van der Waals surface area contributed by atoms with Crippen molar-refractivity contribution in [2.24, 2.45) is 5.73 Å². The molecule has 0 aliphatic heterocycles. The van der Waals surface area contributed by atoms with Crippen LogP contribution >= 0.6 is 0 Å². The Morgan fingerprint density at radius 2 is 2.00 bits per heavy atom. The van der Waals surface area contributed by atoms with Gasteiger partial charge in [0.05, 0.1) is 11.6 Å². The molecule has 0 spiro atoms. The first kappa shape index (κ1) is 12.5. The second-order valence-corrected chi connectivity index (χ2v) is 3.49. The van der Waals surface area contributed by atoms with Crippen LogP contribution in [0.25, 0.3) is 0 Å². The maximum Gasteiger partial charge on any atom is 0.318 e. The van der Waals surface area contributed by atoms with Crippen LogP contribution in [0.4, 0.5) is 4.79 Å². The van der Waals surface area contributed by atoms with Crippen molar-refractivity contribution in [2.75, 3.05) is 0 Å². The van der Waals surface area contributed by atoms with Gasteiger partial charge in [-0.05, 0) is 20.8 Å². The number of carbonyl (C=O) groups is 2. The van der Waals surface area contributed by atoms with Gasteiger partial charge in [-0.3, -0.25) is 15.4 Å². The van der Waals surface area contributed by atoms with Crippen molar-refractivity contribution in [1.82, 2.24) is 10.6 Å². The summed E-state index contributed by atoms with van der Waals surface area (Å²) < 4.78 is 0. The highest BCUT2D eigenvalue weighted by molar-refractivity contribution is 5.96. The SMILES string of the molecule is C#CC(C)(C)NC(C)C(=O)NC(N)=O. The van der Waals surface area contributed by atoms with Gasteiger partial charge in [-0.2, -0.15) is 0 Å². The van der Waals surface area contributed by atoms with Crippen molar-refractivity contribution in [3.8, 4) is 12.3 Å². The molecule has 14 heavy (non-hydrogen) atoms. The van der Waals surface area contributed by atoms with E-state index in [1.165, 1.54) is 0 Å². The van der Waals surface area contributed by atoms with Gasteiger partial charge in [0.15, 0.2) is 0 Å². The molecule has 0 aromatic rings. The molecule has 0 aromatic heterocycles. The van der Waals surface area contributed by atoms with Crippen LogP contribution in [0, 0.1) is 12.3 Å². The van der Waals surface area contributed by atoms with Crippen molar-refractivity contribution >= 4 is 11.9 Å². The normalized spacial score (nSPS) is 12.7. The Bertz CT molecular complexity index is 278. The summed E-state index contributed by atoms with van der Waals surface area (Å²) in [5, 5.41) is 4.81. The van der Waals surface area contributed by atoms with E-state index in [4.69, 9.17) is 12.2 Å². The number of hydrogen-bond acceptors (Lipinski definition) is 3. The Morgan fingerprint density at radius 3 is 2.36 bits per heavy atom. The number of nitrogens with two attached hydrogens (primary N) is 1. The summed E-state index contributed by atoms with van der Waals surface area (Å²) in [5.41, 5.74) is 4.19. The van der Waals surface area contributed by atoms with Crippen LogP contribution in [0.1, 0.15) is 20.8 Å². The summed E-state index contributed by atoms with van der Waals surface area (Å²) in [6, 6.07) is -1.45. The number of urea groups is 1. The van der Waals surface area contributed by atoms with Gasteiger partial charge < -0.3 is 5.73 Å². The number of hydrogen-bond donors (Lipinski definition) is 3. The highest BCUT2D eigenvalue weighted by atomic mass is 16.2. The quantitative estimate of drug-likeness (QED) is 0.537. The van der Waals surface area contributed by atoms with Crippen molar-refractivity contribution < 1.29 is 9.59 Å². The van der Waals surface area contributed by atoms with Gasteiger partial charge in [0.2, 0.25) is 5.91 Å². The lowest BCUT2D eigenvalue weighted by atomic mass is 10.1. The number of rotatable bonds is 3. The van der Waals surface area contributed by atoms with Crippen LogP contribution in [0.2, 0.25) is 0 Å². The second kappa shape index (κ2) is 4.63. The Morgan fingerprint density at radius 1 is 1.50 bits per heavy atom. The van der Waals surface area contributed by atoms with Crippen LogP contribution in [0.3, 0.4) is 0 Å². The molecule has 0 saturated heterocycles. The zero-order chi connectivity index (χ0) is 11.4. The summed E-state index contributed by atoms with van der Waals surface area (Å²) in [5.74, 6) is 1.97. The number of primary amides is 1. The molecule has 3 amide bonds. The first-order chi connectivity index (χ1) is 6.28. The largest absolute Gasteiger partial charge is 0.351 e. The molecule has 0 aliphatic carbocycles. The van der Waals surface area contributed by atoms with E-state index in [2.05, 4.69) is 11.2 Å². The molecule has 1 unspecified atom stereocenters. The summed E-state index contributed by atoms with van der Waals surface area (Å²) >= 11 is 0. The van der Waals surface area contributed by atoms with Gasteiger partial charge in [0.1, 0.15) is 0 Å². The highest BCUT2D eigenvalue weighted by Gasteiger charge is 2.21. The maximum absolute atomic E-state index is 11.2. The number of amides is 3. The van der Waals surface area contributed by atoms with Crippen LogP contribution in [-0.4, -0.2) is 23.5 Å². The molecule has 0 aliphatic rings. The van der Waals surface area contributed by atoms with Crippen molar-refractivity contribution in [3.05, 3.63) is 0 Å². The minimum absolute atomic E-state index is 0.499. The van der Waals surface area contributed by atoms with Gasteiger partial charge >= 0.3 is 6.03 Å². The molecule has 0 saturated carbocycles. The zero-order valence-electron chi connectivity index (χ0n) is 8.55. The fourth-order valence-corrected chi connectivity index (χ4v) is 0.878. The zero-order valence-corrected chi connectivity index (χ0v) is 8.55. The van der Waals surface area contributed by atoms with Crippen LogP contribution < -0.4 is 16.4 Å². The van der Waals surface area contributed by atoms with Crippen LogP contribution in [0.5, 0.6) is 0 Å². The number of carbonyl (C=O) groups excluding carboxylic acids is 2. The molecule has 5 heteroatoms. The first-order valence-electron chi connectivity index (χ1n) is 4.14. The van der Waals surface area contributed by atoms with Gasteiger partial charge in [0.25, 0.3) is 0 Å². The summed E-state index contributed by atoms with van der Waals surface area (Å²) in [7, 11) is 0. The molecular weight excluding hydrogens is 182 g/mol. The monoisotopic (exact) mass is 197 g/mol. The van der Waals surface area contributed by atoms with Gasteiger partial charge in [-0.1, -0.05) is 5.92 Å². The standard InChI is InChI=1S/C9H15N3O2/c1-5-9(3,4)12-6(2)7(13)11-8(10)14/h1,6,12H,2-4H3,(H3,10,11,13,14). The minimum atomic E-state index is -0.873. The van der Waals surface area contributed by atoms with Crippen molar-refractivity contribution in [2.45, 2.75) is 32.4 Å². The van der Waals surface area contributed by atoms with E-state index in [1.54, 1.807) is 20.8 Å². The van der Waals surface area contributed by atoms with Crippen molar-refractivity contribution in [3.63, 3.8) is 0 Å². The Kier molecular flexibility index (Phi) is 4.12. The average molecular weight is 197 g/mol. The van der Waals surface area contributed by atoms with E-state index in [0.29, 0.717) is 0 Å². The van der Waals surface area contributed by atoms with E-state index in [-0.39, 0.29) is 0 Å². The molecule has 5 nitrogen and oxygen atoms in total.